The minimum atomic E-state index is 0.227. The maximum absolute atomic E-state index is 12.6. The molecule has 0 atom stereocenters. The molecule has 1 saturated carbocycles. The summed E-state index contributed by atoms with van der Waals surface area (Å²) in [5.74, 6) is 0.972. The second-order valence-electron chi connectivity index (χ2n) is 10.1. The molecule has 0 bridgehead atoms. The van der Waals surface area contributed by atoms with Crippen LogP contribution in [0.1, 0.15) is 68.0 Å². The summed E-state index contributed by atoms with van der Waals surface area (Å²) in [6.07, 6.45) is 16.0. The SMILES string of the molecule is C/C=C/C(=O)CC1CCC(=Cc2ccc(CCC(=O)Cc3ccc(-c4ccnc(C)c4)cc3)nc2)CC1. The minimum Gasteiger partial charge on any atom is -0.299 e. The van der Waals surface area contributed by atoms with Crippen LogP contribution in [0.2, 0.25) is 0 Å². The first-order valence-corrected chi connectivity index (χ1v) is 13.3. The van der Waals surface area contributed by atoms with Gasteiger partial charge in [0.2, 0.25) is 0 Å². The summed E-state index contributed by atoms with van der Waals surface area (Å²) in [5.41, 5.74) is 7.79. The third-order valence-electron chi connectivity index (χ3n) is 7.05. The van der Waals surface area contributed by atoms with Crippen LogP contribution in [0, 0.1) is 12.8 Å². The summed E-state index contributed by atoms with van der Waals surface area (Å²) in [7, 11) is 0. The van der Waals surface area contributed by atoms with Crippen molar-refractivity contribution < 1.29 is 9.59 Å². The van der Waals surface area contributed by atoms with Crippen LogP contribution in [0.3, 0.4) is 0 Å². The second-order valence-corrected chi connectivity index (χ2v) is 10.1. The van der Waals surface area contributed by atoms with E-state index < -0.39 is 0 Å². The molecule has 0 unspecified atom stereocenters. The Bertz CT molecular complexity index is 1260. The Kier molecular flexibility index (Phi) is 9.31. The quantitative estimate of drug-likeness (QED) is 0.279. The molecule has 2 heterocycles. The van der Waals surface area contributed by atoms with E-state index in [0.717, 1.165) is 59.3 Å². The zero-order chi connectivity index (χ0) is 26.0. The van der Waals surface area contributed by atoms with Crippen molar-refractivity contribution in [3.05, 3.63) is 101 Å². The van der Waals surface area contributed by atoms with Gasteiger partial charge in [-0.15, -0.1) is 0 Å². The van der Waals surface area contributed by atoms with Gasteiger partial charge in [0.05, 0.1) is 0 Å². The van der Waals surface area contributed by atoms with Crippen LogP contribution in [-0.4, -0.2) is 21.5 Å². The standard InChI is InChI=1S/C33H36N2O2/c1-3-4-32(36)21-26-7-5-25(6-8-26)20-28-11-14-31(35-23-28)15-16-33(37)22-27-9-12-29(13-10-27)30-17-18-34-24(2)19-30/h3-4,9-14,17-20,23,26H,5-8,15-16,21-22H2,1-2H3/b4-3+,25-20?. The molecule has 190 valence electrons. The molecular weight excluding hydrogens is 456 g/mol. The molecule has 0 N–H and O–H groups in total. The number of rotatable bonds is 10. The van der Waals surface area contributed by atoms with E-state index in [1.54, 1.807) is 6.08 Å². The van der Waals surface area contributed by atoms with Crippen LogP contribution in [0.5, 0.6) is 0 Å². The van der Waals surface area contributed by atoms with E-state index in [1.807, 2.05) is 56.6 Å². The first-order chi connectivity index (χ1) is 18.0. The molecule has 0 aliphatic heterocycles. The van der Waals surface area contributed by atoms with E-state index in [2.05, 4.69) is 40.3 Å². The Labute approximate surface area is 220 Å². The maximum Gasteiger partial charge on any atom is 0.155 e. The summed E-state index contributed by atoms with van der Waals surface area (Å²) in [6.45, 7) is 3.88. The highest BCUT2D eigenvalue weighted by molar-refractivity contribution is 5.89. The van der Waals surface area contributed by atoms with Crippen molar-refractivity contribution in [1.82, 2.24) is 9.97 Å². The Morgan fingerprint density at radius 3 is 2.43 bits per heavy atom. The Morgan fingerprint density at radius 2 is 1.76 bits per heavy atom. The number of ketones is 2. The highest BCUT2D eigenvalue weighted by Gasteiger charge is 2.18. The van der Waals surface area contributed by atoms with Crippen molar-refractivity contribution in [2.75, 3.05) is 0 Å². The van der Waals surface area contributed by atoms with Gasteiger partial charge in [0, 0.05) is 43.0 Å². The van der Waals surface area contributed by atoms with Gasteiger partial charge in [0.25, 0.3) is 0 Å². The fourth-order valence-electron chi connectivity index (χ4n) is 4.96. The van der Waals surface area contributed by atoms with Gasteiger partial charge in [-0.2, -0.15) is 0 Å². The van der Waals surface area contributed by atoms with Gasteiger partial charge in [-0.25, -0.2) is 0 Å². The fraction of sp³-hybridized carbons (Fsp3) is 0.333. The monoisotopic (exact) mass is 492 g/mol. The number of aryl methyl sites for hydroxylation is 2. The zero-order valence-electron chi connectivity index (χ0n) is 22.0. The van der Waals surface area contributed by atoms with E-state index in [9.17, 15) is 9.59 Å². The molecule has 4 rings (SSSR count). The molecular formula is C33H36N2O2. The second kappa shape index (κ2) is 13.0. The summed E-state index contributed by atoms with van der Waals surface area (Å²) < 4.78 is 0. The lowest BCUT2D eigenvalue weighted by Gasteiger charge is -2.23. The molecule has 0 amide bonds. The van der Waals surface area contributed by atoms with Crippen molar-refractivity contribution in [3.8, 4) is 11.1 Å². The van der Waals surface area contributed by atoms with Crippen LogP contribution in [0.15, 0.2) is 78.6 Å². The zero-order valence-corrected chi connectivity index (χ0v) is 22.0. The van der Waals surface area contributed by atoms with E-state index >= 15 is 0 Å². The van der Waals surface area contributed by atoms with Gasteiger partial charge < -0.3 is 0 Å². The number of aromatic nitrogens is 2. The third kappa shape index (κ3) is 8.18. The molecule has 37 heavy (non-hydrogen) atoms. The highest BCUT2D eigenvalue weighted by atomic mass is 16.1. The summed E-state index contributed by atoms with van der Waals surface area (Å²) >= 11 is 0. The molecule has 1 aliphatic carbocycles. The number of carbonyl (C=O) groups excluding carboxylic acids is 2. The highest BCUT2D eigenvalue weighted by Crippen LogP contribution is 2.31. The Morgan fingerprint density at radius 1 is 0.973 bits per heavy atom. The summed E-state index contributed by atoms with van der Waals surface area (Å²) in [4.78, 5) is 33.3. The lowest BCUT2D eigenvalue weighted by molar-refractivity contribution is -0.118. The molecule has 0 saturated heterocycles. The van der Waals surface area contributed by atoms with Crippen LogP contribution in [-0.2, 0) is 22.4 Å². The van der Waals surface area contributed by atoms with E-state index in [-0.39, 0.29) is 11.6 Å². The summed E-state index contributed by atoms with van der Waals surface area (Å²) in [5, 5.41) is 0. The number of Topliss-reactive ketones (excluding diaryl/α,β-unsaturated/α-hetero) is 1. The number of nitrogens with zero attached hydrogens (tertiary/aromatic N) is 2. The number of hydrogen-bond donors (Lipinski definition) is 0. The molecule has 1 fully saturated rings. The van der Waals surface area contributed by atoms with E-state index in [1.165, 1.54) is 5.57 Å². The number of benzene rings is 1. The first-order valence-electron chi connectivity index (χ1n) is 13.3. The first kappa shape index (κ1) is 26.4. The lowest BCUT2D eigenvalue weighted by atomic mass is 9.82. The minimum absolute atomic E-state index is 0.227. The van der Waals surface area contributed by atoms with Gasteiger partial charge in [-0.05, 0) is 98.4 Å². The predicted octanol–water partition coefficient (Wildman–Crippen LogP) is 7.31. The molecule has 4 heteroatoms. The number of hydrogen-bond acceptors (Lipinski definition) is 4. The van der Waals surface area contributed by atoms with E-state index in [4.69, 9.17) is 0 Å². The number of allylic oxidation sites excluding steroid dienone is 3. The molecule has 3 aromatic rings. The molecule has 0 spiro atoms. The van der Waals surface area contributed by atoms with Gasteiger partial charge >= 0.3 is 0 Å². The topological polar surface area (TPSA) is 59.9 Å². The van der Waals surface area contributed by atoms with Crippen LogP contribution >= 0.6 is 0 Å². The van der Waals surface area contributed by atoms with Crippen LogP contribution in [0.4, 0.5) is 0 Å². The van der Waals surface area contributed by atoms with Crippen molar-refractivity contribution in [3.63, 3.8) is 0 Å². The fourth-order valence-corrected chi connectivity index (χ4v) is 4.96. The Balaban J connectivity index is 1.22. The van der Waals surface area contributed by atoms with Crippen molar-refractivity contribution in [2.24, 2.45) is 5.92 Å². The average Bonchev–Trinajstić information content (AvgIpc) is 2.90. The van der Waals surface area contributed by atoms with Gasteiger partial charge in [-0.3, -0.25) is 19.6 Å². The summed E-state index contributed by atoms with van der Waals surface area (Å²) in [6, 6.07) is 16.4. The van der Waals surface area contributed by atoms with Crippen molar-refractivity contribution in [2.45, 2.75) is 65.2 Å². The maximum atomic E-state index is 12.6. The van der Waals surface area contributed by atoms with Crippen LogP contribution < -0.4 is 0 Å². The normalized spacial score (nSPS) is 15.6. The molecule has 0 radical (unpaired) electrons. The molecule has 1 aromatic carbocycles. The average molecular weight is 493 g/mol. The largest absolute Gasteiger partial charge is 0.299 e. The van der Waals surface area contributed by atoms with E-state index in [0.29, 0.717) is 31.6 Å². The van der Waals surface area contributed by atoms with Gasteiger partial charge in [-0.1, -0.05) is 48.1 Å². The molecule has 2 aromatic heterocycles. The number of carbonyl (C=O) groups is 2. The van der Waals surface area contributed by atoms with Gasteiger partial charge in [0.1, 0.15) is 5.78 Å². The van der Waals surface area contributed by atoms with Crippen molar-refractivity contribution >= 4 is 17.6 Å². The third-order valence-corrected chi connectivity index (χ3v) is 7.05. The molecule has 4 nitrogen and oxygen atoms in total. The molecule has 1 aliphatic rings. The van der Waals surface area contributed by atoms with Crippen LogP contribution in [0.25, 0.3) is 17.2 Å². The number of pyridine rings is 2. The van der Waals surface area contributed by atoms with Gasteiger partial charge in [0.15, 0.2) is 5.78 Å². The Hall–Kier alpha value is -3.66. The smallest absolute Gasteiger partial charge is 0.155 e. The predicted molar refractivity (Wildman–Crippen MR) is 150 cm³/mol. The lowest BCUT2D eigenvalue weighted by Crippen LogP contribution is -2.12. The van der Waals surface area contributed by atoms with Crippen molar-refractivity contribution in [1.29, 1.82) is 0 Å².